The van der Waals surface area contributed by atoms with Gasteiger partial charge in [-0.05, 0) is 31.4 Å². The number of oxime groups is 2. The summed E-state index contributed by atoms with van der Waals surface area (Å²) in [6.07, 6.45) is 4.00. The van der Waals surface area contributed by atoms with Crippen molar-refractivity contribution in [2.45, 2.75) is 52.0 Å². The second-order valence-electron chi connectivity index (χ2n) is 7.39. The Kier molecular flexibility index (Phi) is 11.0. The zero-order chi connectivity index (χ0) is 22.3. The maximum absolute atomic E-state index is 9.52. The van der Waals surface area contributed by atoms with E-state index in [4.69, 9.17) is 4.99 Å². The van der Waals surface area contributed by atoms with Crippen LogP contribution >= 0.6 is 0 Å². The summed E-state index contributed by atoms with van der Waals surface area (Å²) in [6, 6.07) is 19.8. The normalized spacial score (nSPS) is 13.9. The smallest absolute Gasteiger partial charge is 0.105 e. The molecule has 0 aromatic heterocycles. The Bertz CT molecular complexity index is 848. The molecule has 0 saturated carbocycles. The van der Waals surface area contributed by atoms with Gasteiger partial charge in [0, 0.05) is 12.1 Å². The van der Waals surface area contributed by atoms with E-state index >= 15 is 0 Å². The van der Waals surface area contributed by atoms with Crippen LogP contribution in [0.25, 0.3) is 0 Å². The standard InChI is InChI=1S/C25H34N4O2/c1-3-12-22(28-30)24(20-14-7-5-8-15-20)26-18-11-19-27-25(23(29-31)13-4-2)21-16-9-6-10-17-21/h5-10,14-17,24,26,30-31H,3-4,11-13,18-19H2,1-2H3/b27-25?,28-22-,29-23-. The van der Waals surface area contributed by atoms with Crippen LogP contribution < -0.4 is 5.32 Å². The van der Waals surface area contributed by atoms with E-state index in [1.54, 1.807) is 0 Å². The minimum Gasteiger partial charge on any atom is -0.411 e. The fraction of sp³-hybridized carbons (Fsp3) is 0.400. The number of nitrogens with zero attached hydrogens (tertiary/aromatic N) is 3. The van der Waals surface area contributed by atoms with Crippen LogP contribution in [-0.4, -0.2) is 40.6 Å². The van der Waals surface area contributed by atoms with Crippen molar-refractivity contribution in [2.75, 3.05) is 13.1 Å². The Morgan fingerprint density at radius 1 is 0.871 bits per heavy atom. The van der Waals surface area contributed by atoms with E-state index in [-0.39, 0.29) is 6.04 Å². The molecule has 3 N–H and O–H groups in total. The van der Waals surface area contributed by atoms with Crippen molar-refractivity contribution in [3.05, 3.63) is 71.8 Å². The molecule has 0 fully saturated rings. The maximum Gasteiger partial charge on any atom is 0.105 e. The van der Waals surface area contributed by atoms with Gasteiger partial charge in [-0.3, -0.25) is 4.99 Å². The Labute approximate surface area is 185 Å². The average molecular weight is 423 g/mol. The van der Waals surface area contributed by atoms with Gasteiger partial charge in [-0.15, -0.1) is 0 Å². The van der Waals surface area contributed by atoms with Gasteiger partial charge < -0.3 is 15.7 Å². The predicted molar refractivity (Wildman–Crippen MR) is 128 cm³/mol. The van der Waals surface area contributed by atoms with Crippen molar-refractivity contribution in [2.24, 2.45) is 15.3 Å². The highest BCUT2D eigenvalue weighted by atomic mass is 16.4. The van der Waals surface area contributed by atoms with Gasteiger partial charge in [0.25, 0.3) is 0 Å². The monoisotopic (exact) mass is 422 g/mol. The molecule has 2 rings (SSSR count). The first-order valence-electron chi connectivity index (χ1n) is 11.0. The molecule has 0 heterocycles. The molecule has 0 aliphatic carbocycles. The van der Waals surface area contributed by atoms with Crippen LogP contribution in [0.2, 0.25) is 0 Å². The zero-order valence-corrected chi connectivity index (χ0v) is 18.5. The number of benzene rings is 2. The lowest BCUT2D eigenvalue weighted by molar-refractivity contribution is 0.313. The molecule has 0 radical (unpaired) electrons. The number of nitrogens with one attached hydrogen (secondary N) is 1. The third-order valence-corrected chi connectivity index (χ3v) is 4.98. The first kappa shape index (κ1) is 24.3. The molecule has 166 valence electrons. The van der Waals surface area contributed by atoms with E-state index in [1.807, 2.05) is 60.7 Å². The van der Waals surface area contributed by atoms with Crippen LogP contribution in [0.3, 0.4) is 0 Å². The Balaban J connectivity index is 2.07. The molecule has 31 heavy (non-hydrogen) atoms. The Morgan fingerprint density at radius 2 is 1.52 bits per heavy atom. The van der Waals surface area contributed by atoms with Crippen molar-refractivity contribution in [3.8, 4) is 0 Å². The van der Waals surface area contributed by atoms with Crippen LogP contribution in [0.4, 0.5) is 0 Å². The number of hydrogen-bond acceptors (Lipinski definition) is 6. The average Bonchev–Trinajstić information content (AvgIpc) is 2.82. The highest BCUT2D eigenvalue weighted by Crippen LogP contribution is 2.17. The number of rotatable bonds is 13. The van der Waals surface area contributed by atoms with E-state index < -0.39 is 0 Å². The van der Waals surface area contributed by atoms with Crippen LogP contribution in [-0.2, 0) is 0 Å². The molecule has 2 aromatic carbocycles. The molecule has 6 heteroatoms. The van der Waals surface area contributed by atoms with Gasteiger partial charge in [-0.1, -0.05) is 97.7 Å². The summed E-state index contributed by atoms with van der Waals surface area (Å²) in [5.41, 5.74) is 4.13. The van der Waals surface area contributed by atoms with Gasteiger partial charge in [-0.25, -0.2) is 0 Å². The molecule has 2 aromatic rings. The quantitative estimate of drug-likeness (QED) is 0.173. The summed E-state index contributed by atoms with van der Waals surface area (Å²) in [7, 11) is 0. The molecular weight excluding hydrogens is 388 g/mol. The van der Waals surface area contributed by atoms with E-state index in [9.17, 15) is 10.4 Å². The molecule has 6 nitrogen and oxygen atoms in total. The predicted octanol–water partition coefficient (Wildman–Crippen LogP) is 5.46. The highest BCUT2D eigenvalue weighted by molar-refractivity contribution is 6.48. The molecule has 0 saturated heterocycles. The molecule has 1 atom stereocenters. The first-order chi connectivity index (χ1) is 15.2. The van der Waals surface area contributed by atoms with Crippen molar-refractivity contribution < 1.29 is 10.4 Å². The summed E-state index contributed by atoms with van der Waals surface area (Å²) < 4.78 is 0. The van der Waals surface area contributed by atoms with E-state index in [0.717, 1.165) is 48.2 Å². The van der Waals surface area contributed by atoms with Gasteiger partial charge in [-0.2, -0.15) is 0 Å². The van der Waals surface area contributed by atoms with Crippen LogP contribution in [0.5, 0.6) is 0 Å². The molecule has 0 amide bonds. The molecular formula is C25H34N4O2. The molecule has 0 aliphatic heterocycles. The van der Waals surface area contributed by atoms with Crippen LogP contribution in [0.1, 0.15) is 63.1 Å². The van der Waals surface area contributed by atoms with Crippen molar-refractivity contribution in [3.63, 3.8) is 0 Å². The van der Waals surface area contributed by atoms with Gasteiger partial charge in [0.15, 0.2) is 0 Å². The lowest BCUT2D eigenvalue weighted by atomic mass is 9.99. The van der Waals surface area contributed by atoms with E-state index in [1.165, 1.54) is 0 Å². The summed E-state index contributed by atoms with van der Waals surface area (Å²) >= 11 is 0. The van der Waals surface area contributed by atoms with Gasteiger partial charge in [0.1, 0.15) is 5.71 Å². The zero-order valence-electron chi connectivity index (χ0n) is 18.5. The first-order valence-corrected chi connectivity index (χ1v) is 11.0. The third-order valence-electron chi connectivity index (χ3n) is 4.98. The Morgan fingerprint density at radius 3 is 2.10 bits per heavy atom. The lowest BCUT2D eigenvalue weighted by Crippen LogP contribution is -2.30. The van der Waals surface area contributed by atoms with Crippen LogP contribution in [0.15, 0.2) is 76.0 Å². The molecule has 0 bridgehead atoms. The Hall–Kier alpha value is -2.99. The minimum absolute atomic E-state index is 0.126. The highest BCUT2D eigenvalue weighted by Gasteiger charge is 2.17. The van der Waals surface area contributed by atoms with E-state index in [2.05, 4.69) is 29.5 Å². The lowest BCUT2D eigenvalue weighted by Gasteiger charge is -2.20. The maximum atomic E-state index is 9.52. The van der Waals surface area contributed by atoms with Crippen molar-refractivity contribution in [1.82, 2.24) is 5.32 Å². The SMILES string of the molecule is CCC/C(=N/O)C(=NCCCNC(/C(CCC)=N\O)c1ccccc1)c1ccccc1. The largest absolute Gasteiger partial charge is 0.411 e. The van der Waals surface area contributed by atoms with Gasteiger partial charge in [0.05, 0.1) is 17.5 Å². The van der Waals surface area contributed by atoms with Crippen LogP contribution in [0, 0.1) is 0 Å². The number of hydrogen-bond donors (Lipinski definition) is 3. The molecule has 1 unspecified atom stereocenters. The van der Waals surface area contributed by atoms with Crippen molar-refractivity contribution >= 4 is 17.1 Å². The topological polar surface area (TPSA) is 89.6 Å². The summed E-state index contributed by atoms with van der Waals surface area (Å²) in [5, 5.41) is 29.6. The molecule has 0 aliphatic rings. The summed E-state index contributed by atoms with van der Waals surface area (Å²) in [5.74, 6) is 0. The summed E-state index contributed by atoms with van der Waals surface area (Å²) in [4.78, 5) is 4.76. The fourth-order valence-corrected chi connectivity index (χ4v) is 3.50. The van der Waals surface area contributed by atoms with Gasteiger partial charge >= 0.3 is 0 Å². The van der Waals surface area contributed by atoms with E-state index in [0.29, 0.717) is 25.2 Å². The fourth-order valence-electron chi connectivity index (χ4n) is 3.50. The summed E-state index contributed by atoms with van der Waals surface area (Å²) in [6.45, 7) is 5.44. The third kappa shape index (κ3) is 7.64. The second kappa shape index (κ2) is 14.1. The number of aliphatic imine (C=N–C) groups is 1. The molecule has 0 spiro atoms. The second-order valence-corrected chi connectivity index (χ2v) is 7.39. The van der Waals surface area contributed by atoms with Gasteiger partial charge in [0.2, 0.25) is 0 Å². The minimum atomic E-state index is -0.126. The van der Waals surface area contributed by atoms with Crippen molar-refractivity contribution in [1.29, 1.82) is 0 Å².